The van der Waals surface area contributed by atoms with Crippen LogP contribution < -0.4 is 15.2 Å². The van der Waals surface area contributed by atoms with Crippen molar-refractivity contribution in [2.24, 2.45) is 15.3 Å². The molecule has 0 saturated carbocycles. The van der Waals surface area contributed by atoms with Crippen LogP contribution in [-0.2, 0) is 26.2 Å². The molecule has 0 aliphatic carbocycles. The summed E-state index contributed by atoms with van der Waals surface area (Å²) in [5.74, 6) is 0.0752. The molecule has 12 nitrogen and oxygen atoms in total. The van der Waals surface area contributed by atoms with Gasteiger partial charge in [-0.2, -0.15) is 5.10 Å². The summed E-state index contributed by atoms with van der Waals surface area (Å²) < 4.78 is 34.9. The van der Waals surface area contributed by atoms with Gasteiger partial charge in [-0.15, -0.1) is 5.10 Å². The first-order valence-corrected chi connectivity index (χ1v) is 16.2. The maximum absolute atomic E-state index is 13.5. The van der Waals surface area contributed by atoms with E-state index in [4.69, 9.17) is 14.3 Å². The monoisotopic (exact) mass is 709 g/mol. The maximum atomic E-state index is 13.5. The van der Waals surface area contributed by atoms with E-state index in [0.29, 0.717) is 42.9 Å². The number of sulfonamides is 1. The zero-order valence-corrected chi connectivity index (χ0v) is 26.4. The van der Waals surface area contributed by atoms with Gasteiger partial charge in [0, 0.05) is 21.3 Å². The minimum absolute atomic E-state index is 0.0421. The van der Waals surface area contributed by atoms with E-state index >= 15 is 0 Å². The highest BCUT2D eigenvalue weighted by Crippen LogP contribution is 2.36. The molecule has 1 aliphatic rings. The van der Waals surface area contributed by atoms with Gasteiger partial charge in [-0.1, -0.05) is 28.1 Å². The maximum Gasteiger partial charge on any atom is 0.267 e. The van der Waals surface area contributed by atoms with Crippen molar-refractivity contribution in [1.29, 1.82) is 0 Å². The number of primary sulfonamides is 1. The second-order valence-electron chi connectivity index (χ2n) is 9.36. The number of carbonyl (C=O) groups excluding carboxylic acids is 2. The van der Waals surface area contributed by atoms with Crippen molar-refractivity contribution in [2.75, 3.05) is 11.9 Å². The molecule has 1 aromatic heterocycles. The number of hydrogen-bond acceptors (Lipinski definition) is 10. The molecule has 230 valence electrons. The summed E-state index contributed by atoms with van der Waals surface area (Å²) in [7, 11) is -3.86. The Morgan fingerprint density at radius 1 is 1.09 bits per heavy atom. The van der Waals surface area contributed by atoms with Crippen LogP contribution in [0.5, 0.6) is 11.5 Å². The minimum Gasteiger partial charge on any atom is -0.507 e. The summed E-state index contributed by atoms with van der Waals surface area (Å²) in [5.41, 5.74) is 1.34. The van der Waals surface area contributed by atoms with Gasteiger partial charge in [0.2, 0.25) is 10.0 Å². The lowest BCUT2D eigenvalue weighted by Gasteiger charge is -2.13. The number of amidine groups is 1. The van der Waals surface area contributed by atoms with Crippen molar-refractivity contribution >= 4 is 72.7 Å². The predicted molar refractivity (Wildman–Crippen MR) is 174 cm³/mol. The van der Waals surface area contributed by atoms with Gasteiger partial charge >= 0.3 is 0 Å². The number of amides is 2. The third kappa shape index (κ3) is 8.27. The number of furan rings is 1. The van der Waals surface area contributed by atoms with E-state index in [2.05, 4.69) is 31.4 Å². The Labute approximate surface area is 270 Å². The minimum atomic E-state index is -3.86. The number of halogens is 1. The first-order valence-electron chi connectivity index (χ1n) is 13.0. The van der Waals surface area contributed by atoms with E-state index in [1.165, 1.54) is 47.7 Å². The largest absolute Gasteiger partial charge is 0.507 e. The molecule has 45 heavy (non-hydrogen) atoms. The van der Waals surface area contributed by atoms with Crippen LogP contribution in [0.25, 0.3) is 6.08 Å². The molecule has 0 radical (unpaired) electrons. The number of nitrogens with zero attached hydrogens (tertiary/aromatic N) is 3. The fraction of sp³-hybridized carbons (Fsp3) is 0.0667. The van der Waals surface area contributed by atoms with Crippen molar-refractivity contribution in [3.63, 3.8) is 0 Å². The Balaban J connectivity index is 1.34. The Morgan fingerprint density at radius 3 is 2.58 bits per heavy atom. The number of phenolic OH excluding ortho intramolecular Hbond substituents is 1. The van der Waals surface area contributed by atoms with E-state index < -0.39 is 15.9 Å². The molecular formula is C30H24BrN5O7S2. The van der Waals surface area contributed by atoms with Crippen LogP contribution in [0.4, 0.5) is 5.69 Å². The summed E-state index contributed by atoms with van der Waals surface area (Å²) in [4.78, 5) is 27.8. The van der Waals surface area contributed by atoms with Gasteiger partial charge in [-0.05, 0) is 84.6 Å². The predicted octanol–water partition coefficient (Wildman–Crippen LogP) is 4.92. The number of anilines is 1. The lowest BCUT2D eigenvalue weighted by molar-refractivity contribution is -0.122. The fourth-order valence-corrected chi connectivity index (χ4v) is 5.81. The summed E-state index contributed by atoms with van der Waals surface area (Å²) in [6.07, 6.45) is 4.52. The number of ether oxygens (including phenoxy) is 1. The lowest BCUT2D eigenvalue weighted by atomic mass is 10.2. The molecule has 15 heteroatoms. The van der Waals surface area contributed by atoms with Crippen LogP contribution in [0.3, 0.4) is 0 Å². The van der Waals surface area contributed by atoms with Gasteiger partial charge in [0.25, 0.3) is 11.8 Å². The number of benzene rings is 3. The zero-order chi connectivity index (χ0) is 32.0. The van der Waals surface area contributed by atoms with Crippen molar-refractivity contribution < 1.29 is 32.3 Å². The molecule has 0 spiro atoms. The van der Waals surface area contributed by atoms with Crippen molar-refractivity contribution in [1.82, 2.24) is 4.90 Å². The van der Waals surface area contributed by atoms with E-state index in [9.17, 15) is 23.1 Å². The number of rotatable bonds is 10. The van der Waals surface area contributed by atoms with Gasteiger partial charge in [-0.25, -0.2) is 13.6 Å². The second-order valence-corrected chi connectivity index (χ2v) is 12.8. The number of phenols is 1. The van der Waals surface area contributed by atoms with Gasteiger partial charge in [0.15, 0.2) is 11.8 Å². The number of hydrogen-bond donors (Lipinski definition) is 3. The van der Waals surface area contributed by atoms with Crippen LogP contribution in [-0.4, -0.2) is 48.2 Å². The molecule has 2 heterocycles. The number of thioether (sulfide) groups is 1. The normalized spacial score (nSPS) is 15.3. The second kappa shape index (κ2) is 13.9. The Morgan fingerprint density at radius 2 is 1.87 bits per heavy atom. The summed E-state index contributed by atoms with van der Waals surface area (Å²) in [6.45, 7) is -0.254. The Kier molecular flexibility index (Phi) is 9.83. The molecule has 1 saturated heterocycles. The van der Waals surface area contributed by atoms with Gasteiger partial charge in [0.1, 0.15) is 17.3 Å². The molecule has 0 unspecified atom stereocenters. The first kappa shape index (κ1) is 31.7. The molecule has 5 rings (SSSR count). The highest BCUT2D eigenvalue weighted by molar-refractivity contribution is 9.10. The number of carbonyl (C=O) groups is 2. The molecule has 1 aliphatic heterocycles. The van der Waals surface area contributed by atoms with E-state index in [0.717, 1.165) is 11.8 Å². The van der Waals surface area contributed by atoms with Crippen molar-refractivity contribution in [3.05, 3.63) is 111 Å². The van der Waals surface area contributed by atoms with Crippen molar-refractivity contribution in [3.8, 4) is 11.5 Å². The van der Waals surface area contributed by atoms with Crippen LogP contribution in [0.2, 0.25) is 0 Å². The van der Waals surface area contributed by atoms with Gasteiger partial charge in [0.05, 0.1) is 28.8 Å². The van der Waals surface area contributed by atoms with E-state index in [-0.39, 0.29) is 29.7 Å². The number of para-hydroxylation sites is 1. The Bertz CT molecular complexity index is 1930. The third-order valence-electron chi connectivity index (χ3n) is 6.14. The summed E-state index contributed by atoms with van der Waals surface area (Å²) >= 11 is 4.53. The van der Waals surface area contributed by atoms with E-state index in [1.54, 1.807) is 54.6 Å². The number of aromatic hydroxyl groups is 1. The number of nitrogens with one attached hydrogen (secondary N) is 1. The highest BCUT2D eigenvalue weighted by Gasteiger charge is 2.34. The molecule has 4 N–H and O–H groups in total. The van der Waals surface area contributed by atoms with Crippen LogP contribution in [0.1, 0.15) is 16.9 Å². The third-order valence-corrected chi connectivity index (χ3v) is 8.56. The summed E-state index contributed by atoms with van der Waals surface area (Å²) in [6, 6.07) is 20.6. The fourth-order valence-electron chi connectivity index (χ4n) is 3.99. The average Bonchev–Trinajstić information content (AvgIpc) is 3.62. The lowest BCUT2D eigenvalue weighted by Crippen LogP contribution is -2.28. The smallest absolute Gasteiger partial charge is 0.267 e. The average molecular weight is 711 g/mol. The topological polar surface area (TPSA) is 177 Å². The van der Waals surface area contributed by atoms with Crippen LogP contribution in [0.15, 0.2) is 114 Å². The highest BCUT2D eigenvalue weighted by atomic mass is 79.9. The SMILES string of the molecule is NS(=O)(=O)c1ccc(NC(=O)COc2ccc(Br)cc2/C=C2\S/C(=N\N=C\c3ccccc3O)N(Cc3ccco3)C2=O)cc1. The van der Waals surface area contributed by atoms with Crippen molar-refractivity contribution in [2.45, 2.75) is 11.4 Å². The van der Waals surface area contributed by atoms with Gasteiger partial charge in [-0.3, -0.25) is 14.5 Å². The first-order chi connectivity index (χ1) is 21.6. The molecule has 0 atom stereocenters. The quantitative estimate of drug-likeness (QED) is 0.118. The molecule has 1 fully saturated rings. The van der Waals surface area contributed by atoms with Crippen LogP contribution >= 0.6 is 27.7 Å². The number of nitrogens with two attached hydrogens (primary N) is 1. The standard InChI is InChI=1S/C30H24BrN5O7S2/c31-21-7-12-26(43-18-28(38)34-22-8-10-24(11-9-22)45(32,40)41)20(14-21)15-27-29(39)36(17-23-5-3-13-42-23)30(44-27)35-33-16-19-4-1-2-6-25(19)37/h1-16,37H,17-18H2,(H,34,38)(H2,32,40,41)/b27-15-,33-16+,35-30-. The van der Waals surface area contributed by atoms with Gasteiger partial charge < -0.3 is 19.6 Å². The zero-order valence-electron chi connectivity index (χ0n) is 23.2. The molecule has 0 bridgehead atoms. The molecule has 2 amide bonds. The Hall–Kier alpha value is -4.70. The van der Waals surface area contributed by atoms with E-state index in [1.807, 2.05) is 0 Å². The molecule has 3 aromatic carbocycles. The van der Waals surface area contributed by atoms with Crippen LogP contribution in [0, 0.1) is 0 Å². The molecular weight excluding hydrogens is 686 g/mol. The summed E-state index contributed by atoms with van der Waals surface area (Å²) in [5, 5.41) is 26.4. The molecule has 4 aromatic rings.